The van der Waals surface area contributed by atoms with Gasteiger partial charge in [-0.1, -0.05) is 48.5 Å². The number of pyridine rings is 1. The van der Waals surface area contributed by atoms with Crippen LogP contribution in [-0.2, 0) is 4.74 Å². The zero-order valence-corrected chi connectivity index (χ0v) is 19.8. The van der Waals surface area contributed by atoms with Gasteiger partial charge in [-0.15, -0.1) is 0 Å². The lowest BCUT2D eigenvalue weighted by atomic mass is 10.0. The number of nitrogens with zero attached hydrogens (tertiary/aromatic N) is 1. The van der Waals surface area contributed by atoms with Gasteiger partial charge in [0.25, 0.3) is 5.91 Å². The van der Waals surface area contributed by atoms with Crippen molar-refractivity contribution in [3.63, 3.8) is 0 Å². The van der Waals surface area contributed by atoms with Gasteiger partial charge in [-0.2, -0.15) is 0 Å². The molecular weight excluding hydrogens is 440 g/mol. The standard InChI is InChI=1S/C29H26N2O4/c1-29(2,3)35-28(34)22-14-12-20(19-9-5-4-6-10-19)17-25(22)31-27(33)23-15-13-21(18-26(23)32)24-11-7-8-16-30-24/h4-18,32H,1-3H3,(H,31,33). The van der Waals surface area contributed by atoms with Gasteiger partial charge in [0.2, 0.25) is 0 Å². The third-order valence-electron chi connectivity index (χ3n) is 5.20. The van der Waals surface area contributed by atoms with E-state index in [9.17, 15) is 14.7 Å². The normalized spacial score (nSPS) is 11.1. The molecule has 0 saturated heterocycles. The SMILES string of the molecule is CC(C)(C)OC(=O)c1ccc(-c2ccccc2)cc1NC(=O)c1ccc(-c2ccccn2)cc1O. The highest BCUT2D eigenvalue weighted by Crippen LogP contribution is 2.30. The Hall–Kier alpha value is -4.45. The lowest BCUT2D eigenvalue weighted by Gasteiger charge is -2.21. The van der Waals surface area contributed by atoms with Crippen molar-refractivity contribution in [2.24, 2.45) is 0 Å². The Labute approximate surface area is 204 Å². The van der Waals surface area contributed by atoms with Gasteiger partial charge in [-0.3, -0.25) is 9.78 Å². The van der Waals surface area contributed by atoms with E-state index in [0.717, 1.165) is 11.1 Å². The predicted molar refractivity (Wildman–Crippen MR) is 136 cm³/mol. The molecule has 2 N–H and O–H groups in total. The van der Waals surface area contributed by atoms with Crippen molar-refractivity contribution >= 4 is 17.6 Å². The van der Waals surface area contributed by atoms with Crippen molar-refractivity contribution in [2.75, 3.05) is 5.32 Å². The van der Waals surface area contributed by atoms with Crippen LogP contribution in [0.1, 0.15) is 41.5 Å². The minimum absolute atomic E-state index is 0.0740. The van der Waals surface area contributed by atoms with Crippen molar-refractivity contribution in [3.8, 4) is 28.1 Å². The maximum atomic E-state index is 13.2. The van der Waals surface area contributed by atoms with Gasteiger partial charge < -0.3 is 15.2 Å². The van der Waals surface area contributed by atoms with E-state index in [1.54, 1.807) is 51.2 Å². The molecule has 0 fully saturated rings. The maximum Gasteiger partial charge on any atom is 0.340 e. The number of benzene rings is 3. The Morgan fingerprint density at radius 1 is 0.800 bits per heavy atom. The van der Waals surface area contributed by atoms with Gasteiger partial charge in [0.15, 0.2) is 0 Å². The first-order valence-electron chi connectivity index (χ1n) is 11.2. The number of ether oxygens (including phenoxy) is 1. The first-order valence-corrected chi connectivity index (χ1v) is 11.2. The van der Waals surface area contributed by atoms with Crippen molar-refractivity contribution in [1.82, 2.24) is 4.98 Å². The van der Waals surface area contributed by atoms with Crippen LogP contribution in [0.2, 0.25) is 0 Å². The summed E-state index contributed by atoms with van der Waals surface area (Å²) in [6, 6.07) is 25.0. The van der Waals surface area contributed by atoms with E-state index in [1.165, 1.54) is 12.1 Å². The molecule has 0 atom stereocenters. The van der Waals surface area contributed by atoms with Gasteiger partial charge in [-0.25, -0.2) is 4.79 Å². The molecule has 0 unspecified atom stereocenters. The topological polar surface area (TPSA) is 88.5 Å². The second kappa shape index (κ2) is 9.81. The number of hydrogen-bond acceptors (Lipinski definition) is 5. The molecule has 0 bridgehead atoms. The van der Waals surface area contributed by atoms with Crippen molar-refractivity contribution < 1.29 is 19.4 Å². The zero-order valence-electron chi connectivity index (χ0n) is 19.8. The molecule has 0 aliphatic rings. The van der Waals surface area contributed by atoms with Crippen LogP contribution >= 0.6 is 0 Å². The number of carbonyl (C=O) groups is 2. The number of nitrogens with one attached hydrogen (secondary N) is 1. The van der Waals surface area contributed by atoms with Crippen LogP contribution in [0.25, 0.3) is 22.4 Å². The summed E-state index contributed by atoms with van der Waals surface area (Å²) in [5.41, 5.74) is 3.00. The predicted octanol–water partition coefficient (Wildman–Crippen LogP) is 6.33. The van der Waals surface area contributed by atoms with E-state index < -0.39 is 17.5 Å². The molecule has 35 heavy (non-hydrogen) atoms. The number of rotatable bonds is 5. The highest BCUT2D eigenvalue weighted by molar-refractivity contribution is 6.10. The lowest BCUT2D eigenvalue weighted by Crippen LogP contribution is -2.25. The molecule has 176 valence electrons. The summed E-state index contributed by atoms with van der Waals surface area (Å²) in [7, 11) is 0. The van der Waals surface area contributed by atoms with Gasteiger partial charge in [-0.05, 0) is 68.3 Å². The first kappa shape index (κ1) is 23.7. The summed E-state index contributed by atoms with van der Waals surface area (Å²) in [5.74, 6) is -1.30. The summed E-state index contributed by atoms with van der Waals surface area (Å²) in [4.78, 5) is 30.3. The van der Waals surface area contributed by atoms with Gasteiger partial charge >= 0.3 is 5.97 Å². The molecule has 4 aromatic rings. The molecule has 0 aliphatic carbocycles. The van der Waals surface area contributed by atoms with Crippen LogP contribution in [-0.4, -0.2) is 27.6 Å². The van der Waals surface area contributed by atoms with Crippen LogP contribution < -0.4 is 5.32 Å². The third-order valence-corrected chi connectivity index (χ3v) is 5.20. The van der Waals surface area contributed by atoms with E-state index in [1.807, 2.05) is 48.5 Å². The Balaban J connectivity index is 1.68. The van der Waals surface area contributed by atoms with E-state index >= 15 is 0 Å². The second-order valence-electron chi connectivity index (χ2n) is 9.03. The quantitative estimate of drug-likeness (QED) is 0.336. The largest absolute Gasteiger partial charge is 0.507 e. The fourth-order valence-corrected chi connectivity index (χ4v) is 3.58. The van der Waals surface area contributed by atoms with E-state index in [4.69, 9.17) is 4.74 Å². The number of carbonyl (C=O) groups excluding carboxylic acids is 2. The number of amides is 1. The van der Waals surface area contributed by atoms with E-state index in [-0.39, 0.29) is 16.9 Å². The molecule has 3 aromatic carbocycles. The lowest BCUT2D eigenvalue weighted by molar-refractivity contribution is 0.00708. The third kappa shape index (κ3) is 5.73. The molecule has 0 radical (unpaired) electrons. The Kier molecular flexibility index (Phi) is 6.64. The van der Waals surface area contributed by atoms with Gasteiger partial charge in [0, 0.05) is 11.8 Å². The van der Waals surface area contributed by atoms with Crippen LogP contribution in [0.5, 0.6) is 5.75 Å². The van der Waals surface area contributed by atoms with E-state index in [2.05, 4.69) is 10.3 Å². The van der Waals surface area contributed by atoms with Crippen molar-refractivity contribution in [3.05, 3.63) is 102 Å². The fourth-order valence-electron chi connectivity index (χ4n) is 3.58. The molecule has 1 heterocycles. The Bertz CT molecular complexity index is 1360. The number of hydrogen-bond donors (Lipinski definition) is 2. The summed E-state index contributed by atoms with van der Waals surface area (Å²) < 4.78 is 5.54. The highest BCUT2D eigenvalue weighted by atomic mass is 16.6. The minimum atomic E-state index is -0.698. The fraction of sp³-hybridized carbons (Fsp3) is 0.138. The molecule has 0 aliphatic heterocycles. The van der Waals surface area contributed by atoms with Gasteiger partial charge in [0.1, 0.15) is 11.4 Å². The molecule has 4 rings (SSSR count). The van der Waals surface area contributed by atoms with Gasteiger partial charge in [0.05, 0.1) is 22.5 Å². The van der Waals surface area contributed by atoms with Crippen molar-refractivity contribution in [2.45, 2.75) is 26.4 Å². The first-order chi connectivity index (χ1) is 16.7. The van der Waals surface area contributed by atoms with Crippen LogP contribution in [0.15, 0.2) is 91.1 Å². The van der Waals surface area contributed by atoms with Crippen LogP contribution in [0.4, 0.5) is 5.69 Å². The van der Waals surface area contributed by atoms with E-state index in [0.29, 0.717) is 16.9 Å². The molecule has 0 saturated carbocycles. The summed E-state index contributed by atoms with van der Waals surface area (Å²) >= 11 is 0. The molecular formula is C29H26N2O4. The number of esters is 1. The van der Waals surface area contributed by atoms with Crippen LogP contribution in [0, 0.1) is 0 Å². The minimum Gasteiger partial charge on any atom is -0.507 e. The number of phenolic OH excluding ortho intramolecular Hbond substituents is 1. The molecule has 6 nitrogen and oxygen atoms in total. The number of phenols is 1. The molecule has 1 amide bonds. The average Bonchev–Trinajstić information content (AvgIpc) is 2.84. The Morgan fingerprint density at radius 2 is 1.49 bits per heavy atom. The molecule has 0 spiro atoms. The monoisotopic (exact) mass is 466 g/mol. The zero-order chi connectivity index (χ0) is 25.0. The summed E-state index contributed by atoms with van der Waals surface area (Å²) in [6.45, 7) is 5.34. The number of aromatic hydroxyl groups is 1. The maximum absolute atomic E-state index is 13.2. The number of aromatic nitrogens is 1. The van der Waals surface area contributed by atoms with Crippen LogP contribution in [0.3, 0.4) is 0 Å². The molecule has 6 heteroatoms. The smallest absolute Gasteiger partial charge is 0.340 e. The second-order valence-corrected chi connectivity index (χ2v) is 9.03. The highest BCUT2D eigenvalue weighted by Gasteiger charge is 2.23. The summed E-state index contributed by atoms with van der Waals surface area (Å²) in [5, 5.41) is 13.4. The van der Waals surface area contributed by atoms with Crippen molar-refractivity contribution in [1.29, 1.82) is 0 Å². The average molecular weight is 467 g/mol. The summed E-state index contributed by atoms with van der Waals surface area (Å²) in [6.07, 6.45) is 1.66. The number of anilines is 1. The Morgan fingerprint density at radius 3 is 2.14 bits per heavy atom. The molecule has 1 aromatic heterocycles.